The van der Waals surface area contributed by atoms with Crippen molar-refractivity contribution in [2.24, 2.45) is 5.73 Å². The van der Waals surface area contributed by atoms with Crippen LogP contribution in [-0.2, 0) is 22.6 Å². The monoisotopic (exact) mass is 291 g/mol. The number of hydrogen-bond acceptors (Lipinski definition) is 5. The summed E-state index contributed by atoms with van der Waals surface area (Å²) < 4.78 is 11.9. The minimum absolute atomic E-state index is 0.199. The number of hydrogen-bond donors (Lipinski definition) is 1. The molecule has 2 rings (SSSR count). The number of ether oxygens (including phenoxy) is 2. The van der Waals surface area contributed by atoms with Gasteiger partial charge in [0.2, 0.25) is 0 Å². The third-order valence-corrected chi connectivity index (χ3v) is 2.88. The van der Waals surface area contributed by atoms with E-state index in [1.165, 1.54) is 0 Å². The molecule has 1 heterocycles. The van der Waals surface area contributed by atoms with E-state index < -0.39 is 11.8 Å². The molecule has 0 aliphatic carbocycles. The predicted molar refractivity (Wildman–Crippen MR) is 79.8 cm³/mol. The molecule has 0 fully saturated rings. The maximum absolute atomic E-state index is 11.5. The highest BCUT2D eigenvalue weighted by molar-refractivity contribution is 5.81. The standard InChI is InChI=1S/C15H21N3O3/c1-15(2,3)21-14(19)20-8-7-18-13-11(9-16)5-4-6-12(13)10-17-18/h4-6,10H,7-9,16H2,1-3H3. The van der Waals surface area contributed by atoms with E-state index in [9.17, 15) is 4.79 Å². The fourth-order valence-corrected chi connectivity index (χ4v) is 2.05. The molecule has 1 aromatic heterocycles. The summed E-state index contributed by atoms with van der Waals surface area (Å²) in [5.41, 5.74) is 7.19. The molecule has 2 N–H and O–H groups in total. The minimum Gasteiger partial charge on any atom is -0.432 e. The van der Waals surface area contributed by atoms with Gasteiger partial charge in [-0.3, -0.25) is 4.68 Å². The zero-order valence-corrected chi connectivity index (χ0v) is 12.6. The van der Waals surface area contributed by atoms with E-state index in [2.05, 4.69) is 5.10 Å². The lowest BCUT2D eigenvalue weighted by Crippen LogP contribution is -2.25. The summed E-state index contributed by atoms with van der Waals surface area (Å²) in [5, 5.41) is 5.33. The van der Waals surface area contributed by atoms with Crippen LogP contribution in [0.3, 0.4) is 0 Å². The molecule has 0 aliphatic heterocycles. The first-order chi connectivity index (χ1) is 9.90. The molecule has 0 aliphatic rings. The second-order valence-corrected chi connectivity index (χ2v) is 5.74. The van der Waals surface area contributed by atoms with Crippen molar-refractivity contribution in [1.82, 2.24) is 9.78 Å². The highest BCUT2D eigenvalue weighted by atomic mass is 16.7. The van der Waals surface area contributed by atoms with Crippen LogP contribution in [-0.4, -0.2) is 28.1 Å². The Morgan fingerprint density at radius 1 is 1.38 bits per heavy atom. The van der Waals surface area contributed by atoms with Gasteiger partial charge in [-0.05, 0) is 26.3 Å². The smallest absolute Gasteiger partial charge is 0.432 e. The van der Waals surface area contributed by atoms with Crippen molar-refractivity contribution in [3.63, 3.8) is 0 Å². The third-order valence-electron chi connectivity index (χ3n) is 2.88. The Hall–Kier alpha value is -2.08. The summed E-state index contributed by atoms with van der Waals surface area (Å²) in [6, 6.07) is 5.90. The van der Waals surface area contributed by atoms with Crippen LogP contribution in [0.1, 0.15) is 26.3 Å². The largest absolute Gasteiger partial charge is 0.508 e. The average molecular weight is 291 g/mol. The lowest BCUT2D eigenvalue weighted by atomic mass is 10.1. The summed E-state index contributed by atoms with van der Waals surface area (Å²) in [5.74, 6) is 0. The summed E-state index contributed by atoms with van der Waals surface area (Å²) >= 11 is 0. The van der Waals surface area contributed by atoms with E-state index in [1.54, 1.807) is 31.6 Å². The van der Waals surface area contributed by atoms with Crippen molar-refractivity contribution in [1.29, 1.82) is 0 Å². The molecule has 0 unspecified atom stereocenters. The van der Waals surface area contributed by atoms with Crippen molar-refractivity contribution >= 4 is 17.1 Å². The lowest BCUT2D eigenvalue weighted by Gasteiger charge is -2.18. The molecule has 0 bridgehead atoms. The van der Waals surface area contributed by atoms with Crippen LogP contribution in [0.4, 0.5) is 4.79 Å². The van der Waals surface area contributed by atoms with Crippen LogP contribution in [0, 0.1) is 0 Å². The second kappa shape index (κ2) is 6.13. The van der Waals surface area contributed by atoms with Crippen LogP contribution in [0.2, 0.25) is 0 Å². The van der Waals surface area contributed by atoms with Crippen LogP contribution in [0.5, 0.6) is 0 Å². The molecule has 114 valence electrons. The predicted octanol–water partition coefficient (Wildman–Crippen LogP) is 2.45. The van der Waals surface area contributed by atoms with Gasteiger partial charge in [-0.1, -0.05) is 18.2 Å². The summed E-state index contributed by atoms with van der Waals surface area (Å²) in [6.45, 7) is 6.48. The molecule has 0 atom stereocenters. The number of nitrogens with zero attached hydrogens (tertiary/aromatic N) is 2. The number of rotatable bonds is 4. The molecule has 1 aromatic carbocycles. The van der Waals surface area contributed by atoms with E-state index >= 15 is 0 Å². The molecule has 21 heavy (non-hydrogen) atoms. The van der Waals surface area contributed by atoms with E-state index in [4.69, 9.17) is 15.2 Å². The van der Waals surface area contributed by atoms with Gasteiger partial charge in [-0.2, -0.15) is 5.10 Å². The number of aromatic nitrogens is 2. The van der Waals surface area contributed by atoms with E-state index in [-0.39, 0.29) is 6.61 Å². The Bertz CT molecular complexity index is 629. The van der Waals surface area contributed by atoms with Crippen molar-refractivity contribution in [3.05, 3.63) is 30.0 Å². The van der Waals surface area contributed by atoms with Gasteiger partial charge in [-0.25, -0.2) is 4.79 Å². The van der Waals surface area contributed by atoms with Gasteiger partial charge >= 0.3 is 6.16 Å². The first-order valence-electron chi connectivity index (χ1n) is 6.90. The second-order valence-electron chi connectivity index (χ2n) is 5.74. The lowest BCUT2D eigenvalue weighted by molar-refractivity contribution is -0.00849. The SMILES string of the molecule is CC(C)(C)OC(=O)OCCn1ncc2cccc(CN)c21. The zero-order valence-electron chi connectivity index (χ0n) is 12.6. The zero-order chi connectivity index (χ0) is 15.5. The number of benzene rings is 1. The molecule has 0 spiro atoms. The van der Waals surface area contributed by atoms with Gasteiger partial charge in [0.15, 0.2) is 0 Å². The first kappa shape index (κ1) is 15.3. The number of nitrogens with two attached hydrogens (primary N) is 1. The molecular weight excluding hydrogens is 270 g/mol. The quantitative estimate of drug-likeness (QED) is 0.875. The maximum atomic E-state index is 11.5. The number of carbonyl (C=O) groups is 1. The van der Waals surface area contributed by atoms with Gasteiger partial charge < -0.3 is 15.2 Å². The average Bonchev–Trinajstić information content (AvgIpc) is 2.80. The molecule has 6 heteroatoms. The Labute approximate surface area is 123 Å². The van der Waals surface area contributed by atoms with Gasteiger partial charge in [0.05, 0.1) is 18.3 Å². The molecule has 6 nitrogen and oxygen atoms in total. The maximum Gasteiger partial charge on any atom is 0.508 e. The fraction of sp³-hybridized carbons (Fsp3) is 0.467. The molecule has 0 amide bonds. The Kier molecular flexibility index (Phi) is 4.47. The van der Waals surface area contributed by atoms with E-state index in [0.717, 1.165) is 16.5 Å². The third kappa shape index (κ3) is 3.95. The Balaban J connectivity index is 2.00. The summed E-state index contributed by atoms with van der Waals surface area (Å²) in [4.78, 5) is 11.5. The molecule has 0 saturated heterocycles. The van der Waals surface area contributed by atoms with Gasteiger partial charge in [0.1, 0.15) is 12.2 Å². The van der Waals surface area contributed by atoms with Crippen molar-refractivity contribution in [3.8, 4) is 0 Å². The molecular formula is C15H21N3O3. The van der Waals surface area contributed by atoms with Crippen molar-refractivity contribution in [2.75, 3.05) is 6.61 Å². The fourth-order valence-electron chi connectivity index (χ4n) is 2.05. The number of para-hydroxylation sites is 1. The van der Waals surface area contributed by atoms with Crippen molar-refractivity contribution in [2.45, 2.75) is 39.5 Å². The Morgan fingerprint density at radius 3 is 2.81 bits per heavy atom. The van der Waals surface area contributed by atoms with Crippen LogP contribution >= 0.6 is 0 Å². The normalized spacial score (nSPS) is 11.6. The van der Waals surface area contributed by atoms with E-state index in [0.29, 0.717) is 13.1 Å². The molecule has 2 aromatic rings. The number of carbonyl (C=O) groups excluding carboxylic acids is 1. The van der Waals surface area contributed by atoms with Crippen LogP contribution < -0.4 is 5.73 Å². The summed E-state index contributed by atoms with van der Waals surface area (Å²) in [6.07, 6.45) is 1.11. The van der Waals surface area contributed by atoms with Gasteiger partial charge in [0.25, 0.3) is 0 Å². The number of fused-ring (bicyclic) bond motifs is 1. The summed E-state index contributed by atoms with van der Waals surface area (Å²) in [7, 11) is 0. The van der Waals surface area contributed by atoms with Crippen LogP contribution in [0.25, 0.3) is 10.9 Å². The molecule has 0 radical (unpaired) electrons. The van der Waals surface area contributed by atoms with E-state index in [1.807, 2.05) is 18.2 Å². The van der Waals surface area contributed by atoms with Gasteiger partial charge in [-0.15, -0.1) is 0 Å². The Morgan fingerprint density at radius 2 is 2.14 bits per heavy atom. The minimum atomic E-state index is -0.669. The van der Waals surface area contributed by atoms with Crippen LogP contribution in [0.15, 0.2) is 24.4 Å². The highest BCUT2D eigenvalue weighted by Crippen LogP contribution is 2.18. The van der Waals surface area contributed by atoms with Crippen molar-refractivity contribution < 1.29 is 14.3 Å². The van der Waals surface area contributed by atoms with Gasteiger partial charge in [0, 0.05) is 11.9 Å². The topological polar surface area (TPSA) is 79.4 Å². The molecule has 0 saturated carbocycles. The highest BCUT2D eigenvalue weighted by Gasteiger charge is 2.17. The first-order valence-corrected chi connectivity index (χ1v) is 6.90.